The molecule has 2 aliphatic heterocycles. The number of anilines is 2. The lowest BCUT2D eigenvalue weighted by atomic mass is 9.90. The largest absolute Gasteiger partial charge is 0.382 e. The Labute approximate surface area is 186 Å². The second kappa shape index (κ2) is 7.62. The molecule has 1 fully saturated rings. The molecule has 2 N–H and O–H groups in total. The molecular formula is C24H27FN6O. The zero-order chi connectivity index (χ0) is 22.6. The molecule has 0 aliphatic carbocycles. The van der Waals surface area contributed by atoms with Crippen LogP contribution in [0.4, 0.5) is 15.9 Å². The quantitative estimate of drug-likeness (QED) is 0.582. The van der Waals surface area contributed by atoms with Crippen LogP contribution in [0.15, 0.2) is 30.5 Å². The summed E-state index contributed by atoms with van der Waals surface area (Å²) >= 11 is 0. The summed E-state index contributed by atoms with van der Waals surface area (Å²) in [6.07, 6.45) is 4.58. The summed E-state index contributed by atoms with van der Waals surface area (Å²) in [5.74, 6) is -0.0587. The van der Waals surface area contributed by atoms with Gasteiger partial charge in [0, 0.05) is 49.2 Å². The zero-order valence-electron chi connectivity index (χ0n) is 18.6. The number of hydrogen-bond acceptors (Lipinski definition) is 5. The number of nitrogens with zero attached hydrogens (tertiary/aromatic N) is 5. The molecule has 0 unspecified atom stereocenters. The van der Waals surface area contributed by atoms with Crippen molar-refractivity contribution in [1.29, 1.82) is 0 Å². The van der Waals surface area contributed by atoms with Gasteiger partial charge in [-0.2, -0.15) is 5.10 Å². The Morgan fingerprint density at radius 1 is 1.19 bits per heavy atom. The number of fused-ring (bicyclic) bond motifs is 8. The number of nitrogen functional groups attached to an aromatic ring is 1. The standard InChI is InChI=1S/C24H27FN6O/c1-14-22-15-10-21(23(26)27-12-15)31-9-5-4-6-20(31)18-11-16(25)7-8-17(18)24(32)29(2)13-19(22)28-30(14)3/h7-8,10-12,20H,4-6,9,13H2,1-3H3,(H2,26,27)/t20-/m1/s1. The SMILES string of the molecule is Cc1c2c(nn1C)CN(C)C(=O)c1ccc(F)cc1[C@H]1CCCCN1c1cc-2cnc1N. The number of carbonyl (C=O) groups excluding carboxylic acids is 1. The number of benzene rings is 1. The summed E-state index contributed by atoms with van der Waals surface area (Å²) in [5, 5.41) is 4.68. The van der Waals surface area contributed by atoms with E-state index in [0.717, 1.165) is 54.0 Å². The molecule has 166 valence electrons. The third-order valence-electron chi connectivity index (χ3n) is 6.74. The average Bonchev–Trinajstić information content (AvgIpc) is 3.06. The Morgan fingerprint density at radius 2 is 2.00 bits per heavy atom. The molecule has 0 saturated carbocycles. The average molecular weight is 435 g/mol. The highest BCUT2D eigenvalue weighted by Gasteiger charge is 2.32. The van der Waals surface area contributed by atoms with Gasteiger partial charge < -0.3 is 15.5 Å². The first-order valence-electron chi connectivity index (χ1n) is 10.9. The van der Waals surface area contributed by atoms with Crippen molar-refractivity contribution >= 4 is 17.4 Å². The predicted octanol–water partition coefficient (Wildman–Crippen LogP) is 3.83. The van der Waals surface area contributed by atoms with Crippen molar-refractivity contribution < 1.29 is 9.18 Å². The van der Waals surface area contributed by atoms with Crippen LogP contribution >= 0.6 is 0 Å². The number of amides is 1. The molecule has 7 nitrogen and oxygen atoms in total. The van der Waals surface area contributed by atoms with Gasteiger partial charge in [0.2, 0.25) is 0 Å². The van der Waals surface area contributed by atoms with Gasteiger partial charge in [0.1, 0.15) is 11.6 Å². The van der Waals surface area contributed by atoms with E-state index in [1.807, 2.05) is 18.7 Å². The molecule has 2 aliphatic rings. The lowest BCUT2D eigenvalue weighted by Crippen LogP contribution is -2.36. The summed E-state index contributed by atoms with van der Waals surface area (Å²) in [6.45, 7) is 3.11. The van der Waals surface area contributed by atoms with Gasteiger partial charge in [0.05, 0.1) is 24.0 Å². The van der Waals surface area contributed by atoms with Crippen LogP contribution in [0.25, 0.3) is 11.1 Å². The molecule has 3 aromatic rings. The maximum Gasteiger partial charge on any atom is 0.254 e. The Hall–Kier alpha value is -3.42. The number of piperidine rings is 1. The fraction of sp³-hybridized carbons (Fsp3) is 0.375. The number of pyridine rings is 1. The number of halogens is 1. The van der Waals surface area contributed by atoms with Gasteiger partial charge in [-0.05, 0) is 56.0 Å². The van der Waals surface area contributed by atoms with Crippen molar-refractivity contribution in [3.63, 3.8) is 0 Å². The molecule has 1 aromatic carbocycles. The van der Waals surface area contributed by atoms with Crippen LogP contribution in [0.3, 0.4) is 0 Å². The molecule has 2 aromatic heterocycles. The predicted molar refractivity (Wildman–Crippen MR) is 122 cm³/mol. The number of aromatic nitrogens is 3. The van der Waals surface area contributed by atoms with E-state index in [2.05, 4.69) is 21.0 Å². The second-order valence-electron chi connectivity index (χ2n) is 8.76. The van der Waals surface area contributed by atoms with Crippen molar-refractivity contribution in [1.82, 2.24) is 19.7 Å². The first kappa shape index (κ1) is 20.5. The minimum absolute atomic E-state index is 0.143. The lowest BCUT2D eigenvalue weighted by Gasteiger charge is -2.39. The number of carbonyl (C=O) groups is 1. The van der Waals surface area contributed by atoms with Crippen molar-refractivity contribution in [2.75, 3.05) is 24.2 Å². The molecule has 1 atom stereocenters. The summed E-state index contributed by atoms with van der Waals surface area (Å²) in [5.41, 5.74) is 12.1. The highest BCUT2D eigenvalue weighted by atomic mass is 19.1. The van der Waals surface area contributed by atoms with Gasteiger partial charge >= 0.3 is 0 Å². The van der Waals surface area contributed by atoms with E-state index in [1.54, 1.807) is 24.2 Å². The Morgan fingerprint density at radius 3 is 2.81 bits per heavy atom. The van der Waals surface area contributed by atoms with Crippen molar-refractivity contribution in [3.8, 4) is 11.1 Å². The Bertz CT molecular complexity index is 1220. The van der Waals surface area contributed by atoms with Crippen LogP contribution in [0.2, 0.25) is 0 Å². The minimum atomic E-state index is -0.348. The van der Waals surface area contributed by atoms with Gasteiger partial charge in [0.25, 0.3) is 5.91 Å². The maximum atomic E-state index is 14.4. The first-order chi connectivity index (χ1) is 15.3. The van der Waals surface area contributed by atoms with Crippen LogP contribution < -0.4 is 10.6 Å². The fourth-order valence-electron chi connectivity index (χ4n) is 5.04. The van der Waals surface area contributed by atoms with Gasteiger partial charge in [0.15, 0.2) is 0 Å². The lowest BCUT2D eigenvalue weighted by molar-refractivity contribution is 0.0781. The molecule has 32 heavy (non-hydrogen) atoms. The van der Waals surface area contributed by atoms with Crippen LogP contribution in [0, 0.1) is 12.7 Å². The van der Waals surface area contributed by atoms with Crippen LogP contribution in [0.5, 0.6) is 0 Å². The van der Waals surface area contributed by atoms with Crippen molar-refractivity contribution in [2.45, 2.75) is 38.8 Å². The van der Waals surface area contributed by atoms with Crippen molar-refractivity contribution in [3.05, 3.63) is 58.8 Å². The first-order valence-corrected chi connectivity index (χ1v) is 10.9. The number of rotatable bonds is 0. The van der Waals surface area contributed by atoms with Gasteiger partial charge in [-0.1, -0.05) is 0 Å². The molecule has 2 bridgehead atoms. The highest BCUT2D eigenvalue weighted by Crippen LogP contribution is 2.41. The number of hydrogen-bond donors (Lipinski definition) is 1. The Balaban J connectivity index is 1.80. The Kier molecular flexibility index (Phi) is 4.87. The van der Waals surface area contributed by atoms with E-state index < -0.39 is 0 Å². The summed E-state index contributed by atoms with van der Waals surface area (Å²) in [6, 6.07) is 6.37. The van der Waals surface area contributed by atoms with Crippen molar-refractivity contribution in [2.24, 2.45) is 7.05 Å². The topological polar surface area (TPSA) is 80.3 Å². The van der Waals surface area contributed by atoms with Gasteiger partial charge in [-0.3, -0.25) is 9.48 Å². The van der Waals surface area contributed by atoms with Crippen LogP contribution in [-0.4, -0.2) is 39.2 Å². The monoisotopic (exact) mass is 434 g/mol. The summed E-state index contributed by atoms with van der Waals surface area (Å²) < 4.78 is 16.2. The van der Waals surface area contributed by atoms with Crippen LogP contribution in [-0.2, 0) is 13.6 Å². The normalized spacial score (nSPS) is 18.4. The smallest absolute Gasteiger partial charge is 0.254 e. The van der Waals surface area contributed by atoms with Gasteiger partial charge in [-0.15, -0.1) is 0 Å². The number of nitrogens with two attached hydrogens (primary N) is 1. The van der Waals surface area contributed by atoms with E-state index in [0.29, 0.717) is 23.5 Å². The molecule has 8 heteroatoms. The summed E-state index contributed by atoms with van der Waals surface area (Å²) in [4.78, 5) is 21.9. The molecule has 4 heterocycles. The highest BCUT2D eigenvalue weighted by molar-refractivity contribution is 5.96. The van der Waals surface area contributed by atoms with E-state index in [-0.39, 0.29) is 17.8 Å². The zero-order valence-corrected chi connectivity index (χ0v) is 18.6. The summed E-state index contributed by atoms with van der Waals surface area (Å²) in [7, 11) is 3.66. The fourth-order valence-corrected chi connectivity index (χ4v) is 5.04. The third-order valence-corrected chi connectivity index (χ3v) is 6.74. The molecule has 1 saturated heterocycles. The van der Waals surface area contributed by atoms with Gasteiger partial charge in [-0.25, -0.2) is 9.37 Å². The second-order valence-corrected chi connectivity index (χ2v) is 8.76. The molecule has 0 radical (unpaired) electrons. The van der Waals surface area contributed by atoms with E-state index >= 15 is 0 Å². The minimum Gasteiger partial charge on any atom is -0.382 e. The number of aryl methyl sites for hydroxylation is 1. The van der Waals surface area contributed by atoms with E-state index in [1.165, 1.54) is 12.1 Å². The maximum absolute atomic E-state index is 14.4. The van der Waals surface area contributed by atoms with E-state index in [9.17, 15) is 9.18 Å². The molecular weight excluding hydrogens is 407 g/mol. The molecule has 1 amide bonds. The van der Waals surface area contributed by atoms with Crippen LogP contribution in [0.1, 0.15) is 52.6 Å². The molecule has 0 spiro atoms. The third kappa shape index (κ3) is 3.21. The van der Waals surface area contributed by atoms with E-state index in [4.69, 9.17) is 5.73 Å². The molecule has 5 rings (SSSR count).